The third-order valence-corrected chi connectivity index (χ3v) is 2.81. The third-order valence-electron chi connectivity index (χ3n) is 2.81. The molecule has 0 aromatic heterocycles. The summed E-state index contributed by atoms with van der Waals surface area (Å²) in [7, 11) is 0. The Bertz CT molecular complexity index is 217. The molecule has 1 heterocycles. The van der Waals surface area contributed by atoms with Crippen molar-refractivity contribution in [1.82, 2.24) is 10.2 Å². The van der Waals surface area contributed by atoms with Gasteiger partial charge in [-0.1, -0.05) is 20.8 Å². The largest absolute Gasteiger partial charge is 0.366 e. The molecule has 1 aliphatic heterocycles. The van der Waals surface area contributed by atoms with Crippen molar-refractivity contribution in [3.05, 3.63) is 0 Å². The highest BCUT2D eigenvalue weighted by Gasteiger charge is 2.30. The van der Waals surface area contributed by atoms with Gasteiger partial charge in [-0.05, 0) is 19.4 Å². The quantitative estimate of drug-likeness (QED) is 0.784. The summed E-state index contributed by atoms with van der Waals surface area (Å²) in [5, 5.41) is 2.98. The second-order valence-electron chi connectivity index (χ2n) is 4.04. The molecule has 4 nitrogen and oxygen atoms in total. The van der Waals surface area contributed by atoms with Gasteiger partial charge in [0.15, 0.2) is 0 Å². The average Bonchev–Trinajstić information content (AvgIpc) is 3.15. The zero-order valence-corrected chi connectivity index (χ0v) is 10.7. The van der Waals surface area contributed by atoms with Gasteiger partial charge in [0.05, 0.1) is 6.61 Å². The number of likely N-dealkylation sites (N-methyl/N-ethyl adjacent to an activating group) is 1. The molecule has 1 saturated heterocycles. The molecule has 0 radical (unpaired) electrons. The maximum absolute atomic E-state index is 11.6. The summed E-state index contributed by atoms with van der Waals surface area (Å²) in [5.41, 5.74) is 0. The lowest BCUT2D eigenvalue weighted by atomic mass is 10.2. The van der Waals surface area contributed by atoms with Gasteiger partial charge in [-0.2, -0.15) is 0 Å². The highest BCUT2D eigenvalue weighted by Crippen LogP contribution is 2.19. The Kier molecular flexibility index (Phi) is 5.77. The van der Waals surface area contributed by atoms with Crippen LogP contribution in [0.25, 0.3) is 0 Å². The van der Waals surface area contributed by atoms with E-state index in [1.807, 2.05) is 13.8 Å². The van der Waals surface area contributed by atoms with Crippen LogP contribution in [0.4, 0.5) is 0 Å². The van der Waals surface area contributed by atoms with Gasteiger partial charge in [0.1, 0.15) is 6.10 Å². The molecule has 4 heteroatoms. The van der Waals surface area contributed by atoms with E-state index in [1.54, 1.807) is 0 Å². The molecule has 2 rings (SSSR count). The fourth-order valence-electron chi connectivity index (χ4n) is 1.67. The minimum atomic E-state index is -0.246. The van der Waals surface area contributed by atoms with Crippen LogP contribution >= 0.6 is 0 Å². The molecule has 1 saturated carbocycles. The van der Waals surface area contributed by atoms with E-state index in [2.05, 4.69) is 17.1 Å². The smallest absolute Gasteiger partial charge is 0.250 e. The minimum Gasteiger partial charge on any atom is -0.366 e. The normalized spacial score (nSPS) is 25.6. The number of hydrogen-bond donors (Lipinski definition) is 1. The molecule has 0 aromatic carbocycles. The molecule has 1 N–H and O–H groups in total. The monoisotopic (exact) mass is 228 g/mol. The zero-order valence-electron chi connectivity index (χ0n) is 10.7. The van der Waals surface area contributed by atoms with E-state index in [1.165, 1.54) is 0 Å². The van der Waals surface area contributed by atoms with Crippen LogP contribution in [-0.4, -0.2) is 49.2 Å². The number of carbonyl (C=O) groups is 1. The maximum atomic E-state index is 11.6. The molecule has 0 bridgehead atoms. The minimum absolute atomic E-state index is 0.0747. The van der Waals surface area contributed by atoms with E-state index in [0.717, 1.165) is 32.5 Å². The van der Waals surface area contributed by atoms with Gasteiger partial charge in [-0.25, -0.2) is 0 Å². The van der Waals surface area contributed by atoms with E-state index in [4.69, 9.17) is 4.74 Å². The van der Waals surface area contributed by atoms with E-state index in [-0.39, 0.29) is 12.0 Å². The lowest BCUT2D eigenvalue weighted by Gasteiger charge is -2.31. The van der Waals surface area contributed by atoms with E-state index < -0.39 is 0 Å². The predicted octanol–water partition coefficient (Wildman–Crippen LogP) is 1.01. The van der Waals surface area contributed by atoms with Crippen LogP contribution in [0.1, 0.15) is 33.6 Å². The first-order chi connectivity index (χ1) is 7.79. The highest BCUT2D eigenvalue weighted by atomic mass is 16.5. The van der Waals surface area contributed by atoms with Crippen LogP contribution in [-0.2, 0) is 9.53 Å². The van der Waals surface area contributed by atoms with Crippen molar-refractivity contribution in [2.45, 2.75) is 45.8 Å². The summed E-state index contributed by atoms with van der Waals surface area (Å²) >= 11 is 0. The third kappa shape index (κ3) is 4.10. The number of morpholine rings is 1. The van der Waals surface area contributed by atoms with Crippen molar-refractivity contribution in [2.75, 3.05) is 26.2 Å². The van der Waals surface area contributed by atoms with Gasteiger partial charge in [0.25, 0.3) is 5.91 Å². The predicted molar refractivity (Wildman–Crippen MR) is 64.4 cm³/mol. The Morgan fingerprint density at radius 3 is 2.69 bits per heavy atom. The Balaban J connectivity index is 0.000000606. The summed E-state index contributed by atoms with van der Waals surface area (Å²) in [4.78, 5) is 13.9. The first-order valence-electron chi connectivity index (χ1n) is 6.44. The van der Waals surface area contributed by atoms with Gasteiger partial charge in [-0.3, -0.25) is 9.69 Å². The summed E-state index contributed by atoms with van der Waals surface area (Å²) in [6, 6.07) is 0.433. The van der Waals surface area contributed by atoms with Crippen LogP contribution in [0.2, 0.25) is 0 Å². The number of amides is 1. The number of hydrogen-bond acceptors (Lipinski definition) is 3. The summed E-state index contributed by atoms with van der Waals surface area (Å²) in [6.45, 7) is 9.48. The molecule has 0 spiro atoms. The van der Waals surface area contributed by atoms with Crippen LogP contribution in [0.5, 0.6) is 0 Å². The topological polar surface area (TPSA) is 41.6 Å². The fourth-order valence-corrected chi connectivity index (χ4v) is 1.67. The fraction of sp³-hybridized carbons (Fsp3) is 0.917. The van der Waals surface area contributed by atoms with Crippen LogP contribution in [0, 0.1) is 0 Å². The van der Waals surface area contributed by atoms with Gasteiger partial charge < -0.3 is 10.1 Å². The Morgan fingerprint density at radius 1 is 1.44 bits per heavy atom. The van der Waals surface area contributed by atoms with E-state index in [9.17, 15) is 4.79 Å². The molecule has 2 aliphatic rings. The molecule has 0 aromatic rings. The van der Waals surface area contributed by atoms with E-state index in [0.29, 0.717) is 12.6 Å². The number of ether oxygens (including phenoxy) is 1. The first-order valence-corrected chi connectivity index (χ1v) is 6.44. The lowest BCUT2D eigenvalue weighted by molar-refractivity contribution is -0.138. The number of carbonyl (C=O) groups excluding carboxylic acids is 1. The van der Waals surface area contributed by atoms with Crippen molar-refractivity contribution in [2.24, 2.45) is 0 Å². The first kappa shape index (κ1) is 13.5. The number of nitrogens with one attached hydrogen (secondary N) is 1. The SMILES string of the molecule is CC.CCN1CCOC(C(=O)NC2CC2)C1. The molecule has 16 heavy (non-hydrogen) atoms. The molecule has 1 unspecified atom stereocenters. The van der Waals surface area contributed by atoms with Crippen molar-refractivity contribution >= 4 is 5.91 Å². The van der Waals surface area contributed by atoms with Crippen LogP contribution < -0.4 is 5.32 Å². The maximum Gasteiger partial charge on any atom is 0.250 e. The molecule has 2 fully saturated rings. The summed E-state index contributed by atoms with van der Waals surface area (Å²) in [6.07, 6.45) is 2.02. The zero-order chi connectivity index (χ0) is 12.0. The van der Waals surface area contributed by atoms with Gasteiger partial charge >= 0.3 is 0 Å². The standard InChI is InChI=1S/C10H18N2O2.C2H6/c1-2-12-5-6-14-9(7-12)10(13)11-8-3-4-8;1-2/h8-9H,2-7H2,1H3,(H,11,13);1-2H3. The van der Waals surface area contributed by atoms with E-state index >= 15 is 0 Å². The number of rotatable bonds is 3. The van der Waals surface area contributed by atoms with Crippen LogP contribution in [0.3, 0.4) is 0 Å². The average molecular weight is 228 g/mol. The van der Waals surface area contributed by atoms with Crippen molar-refractivity contribution in [3.8, 4) is 0 Å². The molecule has 94 valence electrons. The summed E-state index contributed by atoms with van der Waals surface area (Å²) < 4.78 is 5.45. The molecular weight excluding hydrogens is 204 g/mol. The van der Waals surface area contributed by atoms with Crippen molar-refractivity contribution in [1.29, 1.82) is 0 Å². The van der Waals surface area contributed by atoms with Gasteiger partial charge in [-0.15, -0.1) is 0 Å². The van der Waals surface area contributed by atoms with Crippen molar-refractivity contribution < 1.29 is 9.53 Å². The Labute approximate surface area is 98.3 Å². The summed E-state index contributed by atoms with van der Waals surface area (Å²) in [5.74, 6) is 0.0747. The van der Waals surface area contributed by atoms with Crippen LogP contribution in [0.15, 0.2) is 0 Å². The molecule has 1 aliphatic carbocycles. The highest BCUT2D eigenvalue weighted by molar-refractivity contribution is 5.81. The molecule has 1 amide bonds. The second kappa shape index (κ2) is 6.86. The molecular formula is C12H24N2O2. The van der Waals surface area contributed by atoms with Gasteiger partial charge in [0.2, 0.25) is 0 Å². The van der Waals surface area contributed by atoms with Gasteiger partial charge in [0, 0.05) is 19.1 Å². The second-order valence-corrected chi connectivity index (χ2v) is 4.04. The Morgan fingerprint density at radius 2 is 2.12 bits per heavy atom. The lowest BCUT2D eigenvalue weighted by Crippen LogP contribution is -2.50. The Hall–Kier alpha value is -0.610. The molecule has 1 atom stereocenters. The number of nitrogens with zero attached hydrogens (tertiary/aromatic N) is 1. The van der Waals surface area contributed by atoms with Crippen molar-refractivity contribution in [3.63, 3.8) is 0 Å².